The Labute approximate surface area is 115 Å². The SMILES string of the molecule is CC1CC(N(C)C(=O)c2ccccc2N)CCN1C. The molecule has 1 fully saturated rings. The number of piperidine rings is 1. The second-order valence-electron chi connectivity index (χ2n) is 5.51. The topological polar surface area (TPSA) is 49.6 Å². The van der Waals surface area contributed by atoms with Crippen LogP contribution in [0.2, 0.25) is 0 Å². The third kappa shape index (κ3) is 2.89. The fraction of sp³-hybridized carbons (Fsp3) is 0.533. The molecular formula is C15H23N3O. The number of nitrogens with two attached hydrogens (primary N) is 1. The van der Waals surface area contributed by atoms with E-state index in [2.05, 4.69) is 18.9 Å². The summed E-state index contributed by atoms with van der Waals surface area (Å²) in [6.07, 6.45) is 2.04. The Hall–Kier alpha value is -1.55. The second kappa shape index (κ2) is 5.61. The van der Waals surface area contributed by atoms with Crippen LogP contribution in [0.5, 0.6) is 0 Å². The molecule has 2 rings (SSSR count). The van der Waals surface area contributed by atoms with E-state index in [0.717, 1.165) is 19.4 Å². The van der Waals surface area contributed by atoms with E-state index in [-0.39, 0.29) is 5.91 Å². The van der Waals surface area contributed by atoms with Crippen molar-refractivity contribution in [2.24, 2.45) is 0 Å². The summed E-state index contributed by atoms with van der Waals surface area (Å²) in [4.78, 5) is 16.7. The molecule has 0 saturated carbocycles. The first-order valence-electron chi connectivity index (χ1n) is 6.82. The van der Waals surface area contributed by atoms with Crippen molar-refractivity contribution < 1.29 is 4.79 Å². The fourth-order valence-corrected chi connectivity index (χ4v) is 2.66. The Kier molecular flexibility index (Phi) is 4.10. The first-order chi connectivity index (χ1) is 9.00. The average Bonchev–Trinajstić information content (AvgIpc) is 2.41. The van der Waals surface area contributed by atoms with Gasteiger partial charge in [0.05, 0.1) is 5.56 Å². The molecule has 2 unspecified atom stereocenters. The van der Waals surface area contributed by atoms with Gasteiger partial charge in [-0.15, -0.1) is 0 Å². The van der Waals surface area contributed by atoms with Crippen molar-refractivity contribution >= 4 is 11.6 Å². The van der Waals surface area contributed by atoms with E-state index in [1.807, 2.05) is 24.1 Å². The normalized spacial score (nSPS) is 24.2. The Morgan fingerprint density at radius 3 is 2.74 bits per heavy atom. The first-order valence-corrected chi connectivity index (χ1v) is 6.82. The highest BCUT2D eigenvalue weighted by Crippen LogP contribution is 2.22. The van der Waals surface area contributed by atoms with Crippen LogP contribution in [0.1, 0.15) is 30.1 Å². The van der Waals surface area contributed by atoms with Gasteiger partial charge < -0.3 is 15.5 Å². The molecule has 104 valence electrons. The second-order valence-corrected chi connectivity index (χ2v) is 5.51. The van der Waals surface area contributed by atoms with Gasteiger partial charge in [-0.25, -0.2) is 0 Å². The molecule has 4 heteroatoms. The van der Waals surface area contributed by atoms with Gasteiger partial charge >= 0.3 is 0 Å². The van der Waals surface area contributed by atoms with Gasteiger partial charge in [0.25, 0.3) is 5.91 Å². The third-order valence-corrected chi connectivity index (χ3v) is 4.24. The molecule has 0 bridgehead atoms. The quantitative estimate of drug-likeness (QED) is 0.826. The molecule has 2 atom stereocenters. The molecule has 4 nitrogen and oxygen atoms in total. The van der Waals surface area contributed by atoms with Gasteiger partial charge in [-0.2, -0.15) is 0 Å². The number of anilines is 1. The lowest BCUT2D eigenvalue weighted by Gasteiger charge is -2.39. The Morgan fingerprint density at radius 2 is 2.11 bits per heavy atom. The molecule has 0 spiro atoms. The summed E-state index contributed by atoms with van der Waals surface area (Å²) in [6.45, 7) is 3.25. The molecule has 2 N–H and O–H groups in total. The van der Waals surface area contributed by atoms with Crippen molar-refractivity contribution in [2.45, 2.75) is 31.8 Å². The van der Waals surface area contributed by atoms with E-state index in [9.17, 15) is 4.79 Å². The Balaban J connectivity index is 2.10. The summed E-state index contributed by atoms with van der Waals surface area (Å²) >= 11 is 0. The summed E-state index contributed by atoms with van der Waals surface area (Å²) in [5.41, 5.74) is 7.05. The van der Waals surface area contributed by atoms with E-state index >= 15 is 0 Å². The molecule has 1 aromatic rings. The highest BCUT2D eigenvalue weighted by molar-refractivity contribution is 5.99. The molecular weight excluding hydrogens is 238 g/mol. The zero-order valence-corrected chi connectivity index (χ0v) is 12.0. The first kappa shape index (κ1) is 13.9. The third-order valence-electron chi connectivity index (χ3n) is 4.24. The number of amides is 1. The maximum Gasteiger partial charge on any atom is 0.255 e. The summed E-state index contributed by atoms with van der Waals surface area (Å²) in [5, 5.41) is 0. The number of likely N-dealkylation sites (tertiary alicyclic amines) is 1. The standard InChI is InChI=1S/C15H23N3O/c1-11-10-12(8-9-17(11)2)18(3)15(19)13-6-4-5-7-14(13)16/h4-7,11-12H,8-10,16H2,1-3H3. The highest BCUT2D eigenvalue weighted by atomic mass is 16.2. The van der Waals surface area contributed by atoms with Gasteiger partial charge in [0.2, 0.25) is 0 Å². The number of hydrogen-bond donors (Lipinski definition) is 1. The molecule has 0 aromatic heterocycles. The minimum Gasteiger partial charge on any atom is -0.398 e. The van der Waals surface area contributed by atoms with Crippen molar-refractivity contribution in [1.29, 1.82) is 0 Å². The summed E-state index contributed by atoms with van der Waals surface area (Å²) in [6, 6.07) is 8.10. The average molecular weight is 261 g/mol. The van der Waals surface area contributed by atoms with Crippen LogP contribution in [-0.4, -0.2) is 48.4 Å². The van der Waals surface area contributed by atoms with Crippen LogP contribution in [0.3, 0.4) is 0 Å². The number of hydrogen-bond acceptors (Lipinski definition) is 3. The molecule has 1 amide bonds. The summed E-state index contributed by atoms with van der Waals surface area (Å²) in [5.74, 6) is 0.0276. The lowest BCUT2D eigenvalue weighted by molar-refractivity contribution is 0.0599. The molecule has 1 aliphatic rings. The van der Waals surface area contributed by atoms with Crippen LogP contribution < -0.4 is 5.73 Å². The number of benzene rings is 1. The van der Waals surface area contributed by atoms with Crippen molar-refractivity contribution in [2.75, 3.05) is 26.4 Å². The Bertz CT molecular complexity index is 460. The predicted octanol–water partition coefficient (Wildman–Crippen LogP) is 1.82. The minimum atomic E-state index is 0.0276. The number of nitrogens with zero attached hydrogens (tertiary/aromatic N) is 2. The van der Waals surface area contributed by atoms with E-state index < -0.39 is 0 Å². The van der Waals surface area contributed by atoms with Crippen molar-refractivity contribution in [3.63, 3.8) is 0 Å². The van der Waals surface area contributed by atoms with Crippen molar-refractivity contribution in [1.82, 2.24) is 9.80 Å². The largest absolute Gasteiger partial charge is 0.398 e. The predicted molar refractivity (Wildman–Crippen MR) is 78.1 cm³/mol. The zero-order chi connectivity index (χ0) is 14.0. The van der Waals surface area contributed by atoms with Crippen LogP contribution in [0.15, 0.2) is 24.3 Å². The lowest BCUT2D eigenvalue weighted by atomic mass is 9.97. The van der Waals surface area contributed by atoms with Gasteiger partial charge in [0.15, 0.2) is 0 Å². The molecule has 0 aliphatic carbocycles. The molecule has 0 radical (unpaired) electrons. The molecule has 19 heavy (non-hydrogen) atoms. The highest BCUT2D eigenvalue weighted by Gasteiger charge is 2.28. The minimum absolute atomic E-state index is 0.0276. The maximum atomic E-state index is 12.5. The smallest absolute Gasteiger partial charge is 0.255 e. The number of rotatable bonds is 2. The van der Waals surface area contributed by atoms with Crippen LogP contribution in [0.25, 0.3) is 0 Å². The van der Waals surface area contributed by atoms with Gasteiger partial charge in [0.1, 0.15) is 0 Å². The van der Waals surface area contributed by atoms with E-state index in [1.165, 1.54) is 0 Å². The van der Waals surface area contributed by atoms with Crippen LogP contribution in [0.4, 0.5) is 5.69 Å². The number of para-hydroxylation sites is 1. The van der Waals surface area contributed by atoms with Gasteiger partial charge in [0, 0.05) is 31.4 Å². The van der Waals surface area contributed by atoms with Crippen LogP contribution in [-0.2, 0) is 0 Å². The Morgan fingerprint density at radius 1 is 1.42 bits per heavy atom. The molecule has 1 aromatic carbocycles. The van der Waals surface area contributed by atoms with Gasteiger partial charge in [-0.1, -0.05) is 12.1 Å². The van der Waals surface area contributed by atoms with Crippen LogP contribution in [0, 0.1) is 0 Å². The molecule has 1 saturated heterocycles. The van der Waals surface area contributed by atoms with Crippen molar-refractivity contribution in [3.05, 3.63) is 29.8 Å². The van der Waals surface area contributed by atoms with Crippen molar-refractivity contribution in [3.8, 4) is 0 Å². The molecule has 1 heterocycles. The van der Waals surface area contributed by atoms with E-state index in [1.54, 1.807) is 12.1 Å². The van der Waals surface area contributed by atoms with E-state index in [0.29, 0.717) is 23.3 Å². The lowest BCUT2D eigenvalue weighted by Crippen LogP contribution is -2.48. The number of carbonyl (C=O) groups excluding carboxylic acids is 1. The summed E-state index contributed by atoms with van der Waals surface area (Å²) < 4.78 is 0. The monoisotopic (exact) mass is 261 g/mol. The summed E-state index contributed by atoms with van der Waals surface area (Å²) in [7, 11) is 4.02. The van der Waals surface area contributed by atoms with Crippen LogP contribution >= 0.6 is 0 Å². The van der Waals surface area contributed by atoms with Gasteiger partial charge in [-0.3, -0.25) is 4.79 Å². The zero-order valence-electron chi connectivity index (χ0n) is 12.0. The maximum absolute atomic E-state index is 12.5. The van der Waals surface area contributed by atoms with E-state index in [4.69, 9.17) is 5.73 Å². The number of carbonyl (C=O) groups is 1. The number of nitrogen functional groups attached to an aromatic ring is 1. The fourth-order valence-electron chi connectivity index (χ4n) is 2.66. The van der Waals surface area contributed by atoms with Gasteiger partial charge in [-0.05, 0) is 38.9 Å². The molecule has 1 aliphatic heterocycles.